The quantitative estimate of drug-likeness (QED) is 0.130. The molecule has 3 heterocycles. The Bertz CT molecular complexity index is 5080. The molecule has 0 fully saturated rings. The number of hydrogen-bond acceptors (Lipinski definition) is 16. The minimum absolute atomic E-state index is 0.0874. The van der Waals surface area contributed by atoms with Crippen LogP contribution in [-0.2, 0) is 43.0 Å². The van der Waals surface area contributed by atoms with E-state index in [-0.39, 0.29) is 58.3 Å². The number of allylic oxidation sites excluding steroid dienone is 10. The zero-order valence-electron chi connectivity index (χ0n) is 64.4. The Kier molecular flexibility index (Phi) is 22.0. The summed E-state index contributed by atoms with van der Waals surface area (Å²) < 4.78 is 16.8. The molecule has 10 aliphatic rings. The number of ether oxygens (including phenoxy) is 3. The van der Waals surface area contributed by atoms with E-state index in [0.29, 0.717) is 115 Å². The third-order valence-corrected chi connectivity index (χ3v) is 21.7. The molecule has 0 radical (unpaired) electrons. The van der Waals surface area contributed by atoms with E-state index in [1.54, 1.807) is 66.9 Å². The molecule has 0 saturated carbocycles. The van der Waals surface area contributed by atoms with Gasteiger partial charge < -0.3 is 19.3 Å². The van der Waals surface area contributed by atoms with Gasteiger partial charge in [-0.15, -0.1) is 0 Å². The first kappa shape index (κ1) is 77.9. The van der Waals surface area contributed by atoms with Gasteiger partial charge in [0.1, 0.15) is 23.0 Å². The van der Waals surface area contributed by atoms with Crippen LogP contribution >= 0.6 is 0 Å². The zero-order valence-corrected chi connectivity index (χ0v) is 64.4. The molecule has 0 aromatic heterocycles. The van der Waals surface area contributed by atoms with Crippen molar-refractivity contribution in [2.75, 3.05) is 13.2 Å². The Hall–Kier alpha value is -10.7. The van der Waals surface area contributed by atoms with E-state index >= 15 is 0 Å². The van der Waals surface area contributed by atoms with E-state index in [4.69, 9.17) is 14.2 Å². The number of phenols is 1. The maximum Gasteiger partial charge on any atom is 0.234 e. The Morgan fingerprint density at radius 2 is 0.858 bits per heavy atom. The molecule has 0 saturated heterocycles. The van der Waals surface area contributed by atoms with Gasteiger partial charge in [-0.2, -0.15) is 0 Å². The Balaban J connectivity index is 0.000000136. The standard InChI is InChI=1S/2C15H14O3.C15H12O3.C15H16O3.C15H20O2.C15H16O2/c1-7-5-11-12(9(3)6-18-11)10-4-8(2)14(16)15(17)13(7)10;2*1-7-4-5-10-8(2)6-18-15-9(3)13(16)14(17)11(7)12(10)15;1-7(2)12-10-5-9(4)14(17)15(18)13(10)8(3)6-11(12)16;2*1-8(2)11-6-5-9(3)13-12(11)7-10(4)14(16)15(13)17/h4-5,9H,6H2,1-3H3;4-5,8H,6H2,1-3H3;4-6H,1-3H3;5-7,16H,1-4H3;7-9,11H,5-6H2,1-4H3;5-8H,1-4H3. The third-order valence-electron chi connectivity index (χ3n) is 21.7. The number of hydrogen-bond donors (Lipinski definition) is 1. The van der Waals surface area contributed by atoms with Crippen LogP contribution in [0.25, 0.3) is 35.3 Å². The van der Waals surface area contributed by atoms with Crippen molar-refractivity contribution in [1.82, 2.24) is 0 Å². The highest BCUT2D eigenvalue weighted by Gasteiger charge is 2.42. The highest BCUT2D eigenvalue weighted by atomic mass is 16.5. The second kappa shape index (κ2) is 30.0. The summed E-state index contributed by atoms with van der Waals surface area (Å²) in [7, 11) is 0. The number of fused-ring (bicyclic) bond motifs is 5. The molecule has 548 valence electrons. The van der Waals surface area contributed by atoms with Crippen molar-refractivity contribution in [2.45, 2.75) is 182 Å². The fourth-order valence-corrected chi connectivity index (χ4v) is 15.8. The summed E-state index contributed by atoms with van der Waals surface area (Å²) in [5.74, 6) is -0.411. The van der Waals surface area contributed by atoms with Crippen LogP contribution in [0.5, 0.6) is 11.5 Å². The summed E-state index contributed by atoms with van der Waals surface area (Å²) in [6, 6.07) is 15.2. The maximum absolute atomic E-state index is 12.2. The van der Waals surface area contributed by atoms with E-state index < -0.39 is 40.5 Å². The van der Waals surface area contributed by atoms with Crippen molar-refractivity contribution < 1.29 is 76.9 Å². The number of phenolic OH excluding ortho intramolecular Hbond substituents is 1. The average Bonchev–Trinajstić information content (AvgIpc) is 0.993. The summed E-state index contributed by atoms with van der Waals surface area (Å²) in [5, 5.41) is 10.0. The minimum Gasteiger partial charge on any atom is -0.508 e. The molecule has 5 aromatic rings. The second-order valence-corrected chi connectivity index (χ2v) is 30.5. The normalized spacial score (nSPS) is 19.9. The Morgan fingerprint density at radius 1 is 0.396 bits per heavy atom. The van der Waals surface area contributed by atoms with Gasteiger partial charge in [0, 0.05) is 101 Å². The molecule has 7 aliphatic carbocycles. The van der Waals surface area contributed by atoms with Crippen LogP contribution in [0.2, 0.25) is 0 Å². The number of ketones is 12. The van der Waals surface area contributed by atoms with Crippen molar-refractivity contribution in [3.8, 4) is 11.5 Å². The molecule has 0 bridgehead atoms. The molecular weight excluding hydrogens is 1340 g/mol. The number of rotatable bonds is 3. The van der Waals surface area contributed by atoms with E-state index in [0.717, 1.165) is 108 Å². The first-order valence-electron chi connectivity index (χ1n) is 36.2. The molecular formula is C90H92O16. The lowest BCUT2D eigenvalue weighted by Gasteiger charge is -2.34. The van der Waals surface area contributed by atoms with Gasteiger partial charge in [-0.3, -0.25) is 57.5 Å². The number of benzene rings is 5. The van der Waals surface area contributed by atoms with Crippen molar-refractivity contribution in [1.29, 1.82) is 0 Å². The molecule has 16 nitrogen and oxygen atoms in total. The van der Waals surface area contributed by atoms with Gasteiger partial charge in [0.25, 0.3) is 0 Å². The number of carbonyl (C=O) groups is 12. The molecule has 0 spiro atoms. The fourth-order valence-electron chi connectivity index (χ4n) is 15.8. The lowest BCUT2D eigenvalue weighted by molar-refractivity contribution is -0.132. The van der Waals surface area contributed by atoms with E-state index in [1.807, 2.05) is 109 Å². The van der Waals surface area contributed by atoms with E-state index in [9.17, 15) is 62.6 Å². The highest BCUT2D eigenvalue weighted by Crippen LogP contribution is 2.47. The lowest BCUT2D eigenvalue weighted by Crippen LogP contribution is -2.32. The monoisotopic (exact) mass is 1430 g/mol. The molecule has 5 aromatic carbocycles. The predicted octanol–water partition coefficient (Wildman–Crippen LogP) is 17.5. The summed E-state index contributed by atoms with van der Waals surface area (Å²) in [6.45, 7) is 41.1. The van der Waals surface area contributed by atoms with Crippen LogP contribution in [0.3, 0.4) is 0 Å². The van der Waals surface area contributed by atoms with Crippen LogP contribution in [0.4, 0.5) is 0 Å². The molecule has 106 heavy (non-hydrogen) atoms. The van der Waals surface area contributed by atoms with Gasteiger partial charge in [-0.1, -0.05) is 105 Å². The second-order valence-electron chi connectivity index (χ2n) is 30.5. The van der Waals surface area contributed by atoms with Gasteiger partial charge >= 0.3 is 0 Å². The number of Topliss-reactive ketones (excluding diaryl/α,β-unsaturated/α-hetero) is 12. The summed E-state index contributed by atoms with van der Waals surface area (Å²) in [5.41, 5.74) is 21.6. The molecule has 4 unspecified atom stereocenters. The summed E-state index contributed by atoms with van der Waals surface area (Å²) in [6.07, 6.45) is 11.1. The first-order valence-corrected chi connectivity index (χ1v) is 36.2. The average molecular weight is 1430 g/mol. The van der Waals surface area contributed by atoms with Gasteiger partial charge in [0.05, 0.1) is 19.5 Å². The van der Waals surface area contributed by atoms with Crippen molar-refractivity contribution in [3.05, 3.63) is 217 Å². The maximum atomic E-state index is 12.2. The van der Waals surface area contributed by atoms with Crippen molar-refractivity contribution in [2.24, 2.45) is 17.8 Å². The third kappa shape index (κ3) is 13.8. The fraction of sp³-hybridized carbons (Fsp3) is 0.356. The largest absolute Gasteiger partial charge is 0.508 e. The minimum atomic E-state index is -0.468. The molecule has 3 aliphatic heterocycles. The summed E-state index contributed by atoms with van der Waals surface area (Å²) in [4.78, 5) is 143. The lowest BCUT2D eigenvalue weighted by atomic mass is 9.69. The number of carbonyl (C=O) groups excluding carboxylic acids is 12. The van der Waals surface area contributed by atoms with Crippen LogP contribution in [-0.4, -0.2) is 87.7 Å². The van der Waals surface area contributed by atoms with Crippen LogP contribution in [0.1, 0.15) is 283 Å². The SMILES string of the molecule is CC1=C2OCC(C)c3ccc(C)c(c32)C(=O)C1=O.CC1=CC2=C(C(=O)C1=O)C(C)CCC2C(C)C.CC1=COC2=C(C)C(=O)C(=O)c3c(C)ccc1c32.CC1=Cc2c(C(C)C)ccc(C)c2C(=O)C1=O.CC1=Cc2c(c(C)cc(O)c2C(C)C)C(=O)C1=O.CC1=Cc2c(c(C)cc3c2C(C)CO3)C(=O)C1=O. The van der Waals surface area contributed by atoms with Crippen LogP contribution < -0.4 is 4.74 Å². The zero-order chi connectivity index (χ0) is 78.2. The van der Waals surface area contributed by atoms with Crippen LogP contribution in [0, 0.1) is 52.4 Å². The first-order chi connectivity index (χ1) is 49.7. The number of aryl methyl sites for hydroxylation is 5. The predicted molar refractivity (Wildman–Crippen MR) is 409 cm³/mol. The smallest absolute Gasteiger partial charge is 0.234 e. The number of aromatic hydroxyl groups is 1. The Labute approximate surface area is 619 Å². The topological polar surface area (TPSA) is 253 Å². The van der Waals surface area contributed by atoms with E-state index in [2.05, 4.69) is 48.5 Å². The van der Waals surface area contributed by atoms with Gasteiger partial charge in [-0.05, 0) is 228 Å². The molecule has 16 heteroatoms. The van der Waals surface area contributed by atoms with E-state index in [1.165, 1.54) is 0 Å². The Morgan fingerprint density at radius 3 is 1.42 bits per heavy atom. The highest BCUT2D eigenvalue weighted by molar-refractivity contribution is 6.55. The summed E-state index contributed by atoms with van der Waals surface area (Å²) >= 11 is 0. The molecule has 0 amide bonds. The van der Waals surface area contributed by atoms with Gasteiger partial charge in [0.2, 0.25) is 69.4 Å². The van der Waals surface area contributed by atoms with Gasteiger partial charge in [0.15, 0.2) is 0 Å². The molecule has 4 atom stereocenters. The molecule has 1 N–H and O–H groups in total. The molecule has 15 rings (SSSR count). The van der Waals surface area contributed by atoms with Gasteiger partial charge in [-0.25, -0.2) is 0 Å². The van der Waals surface area contributed by atoms with Crippen molar-refractivity contribution >= 4 is 105 Å². The van der Waals surface area contributed by atoms with Crippen molar-refractivity contribution in [3.63, 3.8) is 0 Å². The van der Waals surface area contributed by atoms with Crippen LogP contribution in [0.15, 0.2) is 105 Å².